The Morgan fingerprint density at radius 1 is 1.22 bits per heavy atom. The van der Waals surface area contributed by atoms with Gasteiger partial charge in [-0.05, 0) is 55.7 Å². The van der Waals surface area contributed by atoms with Crippen molar-refractivity contribution in [3.63, 3.8) is 0 Å². The number of ether oxygens (including phenoxy) is 1. The van der Waals surface area contributed by atoms with Crippen molar-refractivity contribution in [2.75, 3.05) is 20.2 Å². The molecule has 0 unspecified atom stereocenters. The second-order valence-corrected chi connectivity index (χ2v) is 7.28. The van der Waals surface area contributed by atoms with E-state index in [1.54, 1.807) is 7.11 Å². The van der Waals surface area contributed by atoms with Crippen LogP contribution in [0.3, 0.4) is 0 Å². The minimum atomic E-state index is 0.156. The van der Waals surface area contributed by atoms with Gasteiger partial charge in [0.15, 0.2) is 0 Å². The summed E-state index contributed by atoms with van der Waals surface area (Å²) in [5, 5.41) is 3.29. The van der Waals surface area contributed by atoms with E-state index in [4.69, 9.17) is 4.74 Å². The zero-order valence-electron chi connectivity index (χ0n) is 13.8. The average Bonchev–Trinajstić information content (AvgIpc) is 3.48. The van der Waals surface area contributed by atoms with Crippen LogP contribution in [-0.4, -0.2) is 43.1 Å². The van der Waals surface area contributed by atoms with Crippen molar-refractivity contribution in [1.29, 1.82) is 0 Å². The lowest BCUT2D eigenvalue weighted by atomic mass is 10.0. The Labute approximate surface area is 138 Å². The fourth-order valence-corrected chi connectivity index (χ4v) is 3.88. The summed E-state index contributed by atoms with van der Waals surface area (Å²) in [4.78, 5) is 15.1. The molecular weight excluding hydrogens is 288 g/mol. The SMILES string of the molecule is COc1cccc([C@@H]2C[C@H]2C(=O)NC2CCN(C3CC3)CC2)c1. The van der Waals surface area contributed by atoms with Crippen LogP contribution in [0.15, 0.2) is 24.3 Å². The van der Waals surface area contributed by atoms with Gasteiger partial charge in [-0.2, -0.15) is 0 Å². The summed E-state index contributed by atoms with van der Waals surface area (Å²) in [6.07, 6.45) is 5.94. The van der Waals surface area contributed by atoms with Crippen LogP contribution in [0.5, 0.6) is 5.75 Å². The molecule has 0 bridgehead atoms. The van der Waals surface area contributed by atoms with E-state index in [-0.39, 0.29) is 11.8 Å². The third-order valence-corrected chi connectivity index (χ3v) is 5.59. The molecule has 3 aliphatic rings. The van der Waals surface area contributed by atoms with Crippen molar-refractivity contribution in [1.82, 2.24) is 10.2 Å². The molecule has 2 atom stereocenters. The molecule has 1 aliphatic heterocycles. The number of hydrogen-bond donors (Lipinski definition) is 1. The maximum atomic E-state index is 12.5. The number of methoxy groups -OCH3 is 1. The second-order valence-electron chi connectivity index (χ2n) is 7.28. The molecule has 3 fully saturated rings. The van der Waals surface area contributed by atoms with E-state index < -0.39 is 0 Å². The number of nitrogens with one attached hydrogen (secondary N) is 1. The number of carbonyl (C=O) groups is 1. The van der Waals surface area contributed by atoms with Crippen LogP contribution in [-0.2, 0) is 4.79 Å². The molecule has 0 spiro atoms. The van der Waals surface area contributed by atoms with Crippen molar-refractivity contribution in [3.05, 3.63) is 29.8 Å². The van der Waals surface area contributed by atoms with Crippen molar-refractivity contribution < 1.29 is 9.53 Å². The van der Waals surface area contributed by atoms with Gasteiger partial charge in [-0.25, -0.2) is 0 Å². The molecule has 4 nitrogen and oxygen atoms in total. The van der Waals surface area contributed by atoms with Crippen LogP contribution >= 0.6 is 0 Å². The Morgan fingerprint density at radius 2 is 2.00 bits per heavy atom. The highest BCUT2D eigenvalue weighted by molar-refractivity contribution is 5.83. The maximum absolute atomic E-state index is 12.5. The summed E-state index contributed by atoms with van der Waals surface area (Å²) < 4.78 is 5.28. The van der Waals surface area contributed by atoms with Gasteiger partial charge < -0.3 is 15.0 Å². The summed E-state index contributed by atoms with van der Waals surface area (Å²) in [5.74, 6) is 1.66. The number of hydrogen-bond acceptors (Lipinski definition) is 3. The van der Waals surface area contributed by atoms with Crippen LogP contribution < -0.4 is 10.1 Å². The number of piperidine rings is 1. The van der Waals surface area contributed by atoms with Gasteiger partial charge in [0.1, 0.15) is 5.75 Å². The van der Waals surface area contributed by atoms with Crippen LogP contribution in [0, 0.1) is 5.92 Å². The largest absolute Gasteiger partial charge is 0.497 e. The van der Waals surface area contributed by atoms with Crippen LogP contribution in [0.2, 0.25) is 0 Å². The lowest BCUT2D eigenvalue weighted by molar-refractivity contribution is -0.123. The van der Waals surface area contributed by atoms with E-state index in [9.17, 15) is 4.79 Å². The monoisotopic (exact) mass is 314 g/mol. The topological polar surface area (TPSA) is 41.6 Å². The van der Waals surface area contributed by atoms with Gasteiger partial charge in [0, 0.05) is 31.1 Å². The Balaban J connectivity index is 1.27. The molecule has 1 aromatic rings. The van der Waals surface area contributed by atoms with E-state index in [1.807, 2.05) is 12.1 Å². The third-order valence-electron chi connectivity index (χ3n) is 5.59. The molecule has 1 saturated heterocycles. The van der Waals surface area contributed by atoms with Crippen LogP contribution in [0.4, 0.5) is 0 Å². The number of amides is 1. The molecular formula is C19H26N2O2. The summed E-state index contributed by atoms with van der Waals surface area (Å²) in [5.41, 5.74) is 1.23. The summed E-state index contributed by atoms with van der Waals surface area (Å²) in [7, 11) is 1.68. The van der Waals surface area contributed by atoms with E-state index in [1.165, 1.54) is 18.4 Å². The van der Waals surface area contributed by atoms with Crippen molar-refractivity contribution in [3.8, 4) is 5.75 Å². The molecule has 1 aromatic carbocycles. The fraction of sp³-hybridized carbons (Fsp3) is 0.632. The first-order valence-corrected chi connectivity index (χ1v) is 8.93. The highest BCUT2D eigenvalue weighted by atomic mass is 16.5. The standard InChI is InChI=1S/C19H26N2O2/c1-23-16-4-2-3-13(11-16)17-12-18(17)19(22)20-14-7-9-21(10-8-14)15-5-6-15/h2-4,11,14-15,17-18H,5-10,12H2,1H3,(H,20,22)/t17-,18+/m0/s1. The predicted molar refractivity (Wildman–Crippen MR) is 89.6 cm³/mol. The maximum Gasteiger partial charge on any atom is 0.223 e. The number of rotatable bonds is 5. The Hall–Kier alpha value is -1.55. The number of benzene rings is 1. The van der Waals surface area contributed by atoms with Gasteiger partial charge in [0.2, 0.25) is 5.91 Å². The smallest absolute Gasteiger partial charge is 0.223 e. The Bertz CT molecular complexity index is 576. The molecule has 4 heteroatoms. The van der Waals surface area contributed by atoms with Gasteiger partial charge in [0.05, 0.1) is 7.11 Å². The normalized spacial score (nSPS) is 28.4. The summed E-state index contributed by atoms with van der Waals surface area (Å²) in [6.45, 7) is 2.30. The van der Waals surface area contributed by atoms with E-state index in [2.05, 4.69) is 22.3 Å². The molecule has 2 aliphatic carbocycles. The highest BCUT2D eigenvalue weighted by Crippen LogP contribution is 2.48. The minimum Gasteiger partial charge on any atom is -0.497 e. The molecule has 23 heavy (non-hydrogen) atoms. The lowest BCUT2D eigenvalue weighted by Gasteiger charge is -2.32. The predicted octanol–water partition coefficient (Wildman–Crippen LogP) is 2.54. The van der Waals surface area contributed by atoms with Crippen molar-refractivity contribution in [2.45, 2.75) is 50.1 Å². The zero-order chi connectivity index (χ0) is 15.8. The Kier molecular flexibility index (Phi) is 4.02. The quantitative estimate of drug-likeness (QED) is 0.908. The number of carbonyl (C=O) groups excluding carboxylic acids is 1. The fourth-order valence-electron chi connectivity index (χ4n) is 3.88. The summed E-state index contributed by atoms with van der Waals surface area (Å²) >= 11 is 0. The van der Waals surface area contributed by atoms with Gasteiger partial charge in [-0.1, -0.05) is 12.1 Å². The molecule has 124 valence electrons. The van der Waals surface area contributed by atoms with Gasteiger partial charge >= 0.3 is 0 Å². The van der Waals surface area contributed by atoms with Crippen LogP contribution in [0.25, 0.3) is 0 Å². The number of likely N-dealkylation sites (tertiary alicyclic amines) is 1. The van der Waals surface area contributed by atoms with Gasteiger partial charge in [0.25, 0.3) is 0 Å². The first kappa shape index (κ1) is 15.0. The number of nitrogens with zero attached hydrogens (tertiary/aromatic N) is 1. The average molecular weight is 314 g/mol. The zero-order valence-corrected chi connectivity index (χ0v) is 13.8. The molecule has 0 radical (unpaired) electrons. The molecule has 4 rings (SSSR count). The van der Waals surface area contributed by atoms with E-state index in [0.717, 1.165) is 44.1 Å². The first-order valence-electron chi connectivity index (χ1n) is 8.93. The second kappa shape index (κ2) is 6.16. The van der Waals surface area contributed by atoms with Crippen molar-refractivity contribution >= 4 is 5.91 Å². The lowest BCUT2D eigenvalue weighted by Crippen LogP contribution is -2.45. The van der Waals surface area contributed by atoms with E-state index in [0.29, 0.717) is 12.0 Å². The molecule has 1 heterocycles. The van der Waals surface area contributed by atoms with Gasteiger partial charge in [-0.3, -0.25) is 4.79 Å². The first-order chi connectivity index (χ1) is 11.2. The molecule has 0 aromatic heterocycles. The van der Waals surface area contributed by atoms with E-state index >= 15 is 0 Å². The Morgan fingerprint density at radius 3 is 2.70 bits per heavy atom. The molecule has 2 saturated carbocycles. The third kappa shape index (κ3) is 3.37. The van der Waals surface area contributed by atoms with Crippen molar-refractivity contribution in [2.24, 2.45) is 5.92 Å². The van der Waals surface area contributed by atoms with Gasteiger partial charge in [-0.15, -0.1) is 0 Å². The minimum absolute atomic E-state index is 0.156. The highest BCUT2D eigenvalue weighted by Gasteiger charge is 2.44. The molecule has 1 N–H and O–H groups in total. The summed E-state index contributed by atoms with van der Waals surface area (Å²) in [6, 6.07) is 9.36. The molecule has 1 amide bonds. The van der Waals surface area contributed by atoms with Crippen LogP contribution in [0.1, 0.15) is 43.6 Å².